The molecule has 0 saturated carbocycles. The number of aromatic amines is 2. The molecule has 1 fully saturated rings. The van der Waals surface area contributed by atoms with Crippen molar-refractivity contribution in [2.75, 3.05) is 6.54 Å². The molecule has 7 heteroatoms. The van der Waals surface area contributed by atoms with E-state index in [1.54, 1.807) is 18.7 Å². The molecule has 20 heavy (non-hydrogen) atoms. The number of aromatic nitrogens is 3. The summed E-state index contributed by atoms with van der Waals surface area (Å²) in [5, 5.41) is 9.42. The Hall–Kier alpha value is -1.50. The number of H-pyrrole nitrogens is 2. The largest absolute Gasteiger partial charge is 0.327 e. The van der Waals surface area contributed by atoms with Gasteiger partial charge in [-0.25, -0.2) is 5.21 Å². The molecule has 1 aromatic heterocycles. The first kappa shape index (κ1) is 14.9. The number of Topliss-reactive ketones (excluding diaryl/α,β-unsaturated/α-hetero) is 1. The van der Waals surface area contributed by atoms with Crippen LogP contribution in [0.4, 0.5) is 0 Å². The Labute approximate surface area is 122 Å². The van der Waals surface area contributed by atoms with E-state index in [4.69, 9.17) is 12.2 Å². The molecule has 1 unspecified atom stereocenters. The van der Waals surface area contributed by atoms with Crippen LogP contribution in [-0.4, -0.2) is 38.5 Å². The highest BCUT2D eigenvalue weighted by atomic mass is 32.1. The highest BCUT2D eigenvalue weighted by Crippen LogP contribution is 2.33. The molecule has 1 amide bonds. The fourth-order valence-corrected chi connectivity index (χ4v) is 2.58. The second-order valence-electron chi connectivity index (χ2n) is 5.79. The molecule has 1 atom stereocenters. The molecule has 1 aliphatic heterocycles. The number of hydrogen-bond acceptors (Lipinski definition) is 4. The average molecular weight is 296 g/mol. The Morgan fingerprint density at radius 1 is 1.50 bits per heavy atom. The van der Waals surface area contributed by atoms with Gasteiger partial charge < -0.3 is 4.90 Å². The maximum atomic E-state index is 12.5. The Balaban J connectivity index is 2.24. The van der Waals surface area contributed by atoms with E-state index in [-0.39, 0.29) is 11.8 Å². The lowest BCUT2D eigenvalue weighted by Gasteiger charge is -2.27. The zero-order chi connectivity index (χ0) is 14.9. The second-order valence-corrected chi connectivity index (χ2v) is 6.19. The van der Waals surface area contributed by atoms with E-state index in [9.17, 15) is 9.59 Å². The third kappa shape index (κ3) is 2.54. The first-order valence-electron chi connectivity index (χ1n) is 6.87. The van der Waals surface area contributed by atoms with Gasteiger partial charge in [0.1, 0.15) is 10.3 Å². The monoisotopic (exact) mass is 296 g/mol. The van der Waals surface area contributed by atoms with Crippen molar-refractivity contribution in [3.63, 3.8) is 0 Å². The van der Waals surface area contributed by atoms with Crippen molar-refractivity contribution in [2.24, 2.45) is 5.41 Å². The Morgan fingerprint density at radius 3 is 2.75 bits per heavy atom. The number of likely N-dealkylation sites (tertiary alicyclic amines) is 1. The highest BCUT2D eigenvalue weighted by Gasteiger charge is 2.40. The number of ketones is 1. The third-order valence-corrected chi connectivity index (χ3v) is 4.41. The normalized spacial score (nSPS) is 19.4. The minimum Gasteiger partial charge on any atom is -0.327 e. The topological polar surface area (TPSA) is 81.8 Å². The van der Waals surface area contributed by atoms with Gasteiger partial charge in [-0.05, 0) is 19.3 Å². The summed E-state index contributed by atoms with van der Waals surface area (Å²) < 4.78 is 0.497. The van der Waals surface area contributed by atoms with E-state index >= 15 is 0 Å². The van der Waals surface area contributed by atoms with Gasteiger partial charge in [-0.2, -0.15) is 5.10 Å². The number of rotatable bonds is 4. The van der Waals surface area contributed by atoms with Crippen molar-refractivity contribution in [3.05, 3.63) is 10.3 Å². The predicted molar refractivity (Wildman–Crippen MR) is 76.5 cm³/mol. The minimum atomic E-state index is -0.626. The lowest BCUT2D eigenvalue weighted by Crippen LogP contribution is -2.42. The quantitative estimate of drug-likeness (QED) is 0.659. The Morgan fingerprint density at radius 2 is 2.20 bits per heavy atom. The summed E-state index contributed by atoms with van der Waals surface area (Å²) in [5.74, 6) is -0.755. The molecule has 0 bridgehead atoms. The van der Waals surface area contributed by atoms with Crippen LogP contribution in [0.3, 0.4) is 0 Å². The van der Waals surface area contributed by atoms with Crippen molar-refractivity contribution in [3.8, 4) is 0 Å². The summed E-state index contributed by atoms with van der Waals surface area (Å²) in [4.78, 5) is 26.4. The lowest BCUT2D eigenvalue weighted by atomic mass is 9.84. The van der Waals surface area contributed by atoms with Gasteiger partial charge in [-0.3, -0.25) is 14.7 Å². The molecule has 2 N–H and O–H groups in total. The van der Waals surface area contributed by atoms with Gasteiger partial charge in [0.25, 0.3) is 5.91 Å². The van der Waals surface area contributed by atoms with Crippen molar-refractivity contribution in [1.29, 1.82) is 0 Å². The molecule has 6 nitrogen and oxygen atoms in total. The van der Waals surface area contributed by atoms with E-state index in [1.807, 2.05) is 6.92 Å². The van der Waals surface area contributed by atoms with Gasteiger partial charge in [0.15, 0.2) is 0 Å². The Kier molecular flexibility index (Phi) is 4.08. The van der Waals surface area contributed by atoms with Gasteiger partial charge in [-0.15, -0.1) is 0 Å². The number of amides is 1. The molecule has 0 aromatic carbocycles. The molecule has 1 aromatic rings. The van der Waals surface area contributed by atoms with E-state index < -0.39 is 11.3 Å². The highest BCUT2D eigenvalue weighted by molar-refractivity contribution is 7.71. The fourth-order valence-electron chi connectivity index (χ4n) is 2.35. The number of carbonyl (C=O) groups is 2. The lowest BCUT2D eigenvalue weighted by molar-refractivity contribution is -0.150. The predicted octanol–water partition coefficient (Wildman–Crippen LogP) is 2.14. The van der Waals surface area contributed by atoms with E-state index in [2.05, 4.69) is 15.4 Å². The van der Waals surface area contributed by atoms with Crippen LogP contribution in [0.2, 0.25) is 0 Å². The third-order valence-electron chi connectivity index (χ3n) is 4.10. The van der Waals surface area contributed by atoms with Gasteiger partial charge in [-0.1, -0.05) is 33.0 Å². The smallest absolute Gasteiger partial charge is 0.291 e. The first-order valence-corrected chi connectivity index (χ1v) is 7.27. The van der Waals surface area contributed by atoms with Crippen molar-refractivity contribution >= 4 is 23.9 Å². The maximum Gasteiger partial charge on any atom is 0.291 e. The van der Waals surface area contributed by atoms with E-state index in [1.165, 1.54) is 0 Å². The van der Waals surface area contributed by atoms with E-state index in [0.29, 0.717) is 23.3 Å². The van der Waals surface area contributed by atoms with Crippen molar-refractivity contribution < 1.29 is 9.59 Å². The molecule has 0 spiro atoms. The summed E-state index contributed by atoms with van der Waals surface area (Å²) in [5.41, 5.74) is 0.0200. The molecule has 2 rings (SSSR count). The summed E-state index contributed by atoms with van der Waals surface area (Å²) in [6, 6.07) is -0.200. The van der Waals surface area contributed by atoms with Gasteiger partial charge >= 0.3 is 0 Å². The SMILES string of the molecule is CCC(C)(C)C(=O)C(=O)N1CCCC1c1n[nH][nH]c1=S. The first-order chi connectivity index (χ1) is 9.38. The van der Waals surface area contributed by atoms with Crippen LogP contribution >= 0.6 is 12.2 Å². The molecule has 1 saturated heterocycles. The minimum absolute atomic E-state index is 0.200. The van der Waals surface area contributed by atoms with Crippen LogP contribution in [0.25, 0.3) is 0 Å². The molecule has 1 aliphatic rings. The molecule has 0 aliphatic carbocycles. The summed E-state index contributed by atoms with van der Waals surface area (Å²) in [6.07, 6.45) is 2.28. The standard InChI is InChI=1S/C13H20N4O2S/c1-4-13(2,3)10(18)12(19)17-7-5-6-8(17)9-11(20)15-16-14-9/h8H,4-7H2,1-3H3,(H2,14,15,16,20). The van der Waals surface area contributed by atoms with Crippen LogP contribution in [-0.2, 0) is 9.59 Å². The van der Waals surface area contributed by atoms with Crippen LogP contribution in [0.1, 0.15) is 51.8 Å². The number of hydrogen-bond donors (Lipinski definition) is 2. The van der Waals surface area contributed by atoms with Crippen LogP contribution in [0.15, 0.2) is 0 Å². The molecule has 110 valence electrons. The molecular weight excluding hydrogens is 276 g/mol. The molecule has 2 heterocycles. The zero-order valence-electron chi connectivity index (χ0n) is 12.0. The Bertz CT molecular complexity index is 575. The van der Waals surface area contributed by atoms with Gasteiger partial charge in [0, 0.05) is 12.0 Å². The van der Waals surface area contributed by atoms with Crippen molar-refractivity contribution in [2.45, 2.75) is 46.1 Å². The van der Waals surface area contributed by atoms with Gasteiger partial charge in [0.05, 0.1) is 6.04 Å². The van der Waals surface area contributed by atoms with E-state index in [0.717, 1.165) is 12.8 Å². The number of carbonyl (C=O) groups excluding carboxylic acids is 2. The van der Waals surface area contributed by atoms with Gasteiger partial charge in [0.2, 0.25) is 5.78 Å². The molecule has 0 radical (unpaired) electrons. The zero-order valence-corrected chi connectivity index (χ0v) is 12.8. The summed E-state index contributed by atoms with van der Waals surface area (Å²) >= 11 is 5.15. The number of nitrogens with zero attached hydrogens (tertiary/aromatic N) is 2. The number of nitrogens with one attached hydrogen (secondary N) is 2. The summed E-state index contributed by atoms with van der Waals surface area (Å²) in [7, 11) is 0. The summed E-state index contributed by atoms with van der Waals surface area (Å²) in [6.45, 7) is 6.10. The fraction of sp³-hybridized carbons (Fsp3) is 0.692. The average Bonchev–Trinajstić information content (AvgIpc) is 3.04. The van der Waals surface area contributed by atoms with Crippen LogP contribution < -0.4 is 0 Å². The van der Waals surface area contributed by atoms with Crippen molar-refractivity contribution in [1.82, 2.24) is 20.3 Å². The van der Waals surface area contributed by atoms with Crippen LogP contribution in [0, 0.1) is 10.1 Å². The maximum absolute atomic E-state index is 12.5. The second kappa shape index (κ2) is 5.47. The van der Waals surface area contributed by atoms with Crippen LogP contribution in [0.5, 0.6) is 0 Å². The molecular formula is C13H20N4O2S.